The smallest absolute Gasteiger partial charge is 0.333 e. The zero-order chi connectivity index (χ0) is 28.6. The van der Waals surface area contributed by atoms with Gasteiger partial charge in [-0.3, -0.25) is 0 Å². The second-order valence-electron chi connectivity index (χ2n) is 10.3. The summed E-state index contributed by atoms with van der Waals surface area (Å²) in [5.41, 5.74) is 2.18. The Morgan fingerprint density at radius 1 is 1.00 bits per heavy atom. The number of aromatic nitrogens is 7. The van der Waals surface area contributed by atoms with Crippen LogP contribution in [0.1, 0.15) is 45.1 Å². The third-order valence-electron chi connectivity index (χ3n) is 7.42. The number of pyridine rings is 1. The minimum atomic E-state index is -3.50. The molecule has 0 aromatic carbocycles. The Morgan fingerprint density at radius 3 is 2.49 bits per heavy atom. The fourth-order valence-corrected chi connectivity index (χ4v) is 6.44. The fraction of sp³-hybridized carbons (Fsp3) is 0.423. The van der Waals surface area contributed by atoms with Crippen LogP contribution in [0.4, 0.5) is 26.1 Å². The first kappa shape index (κ1) is 27.2. The van der Waals surface area contributed by atoms with Crippen molar-refractivity contribution in [3.05, 3.63) is 49.2 Å². The maximum atomic E-state index is 13.2. The summed E-state index contributed by atoms with van der Waals surface area (Å²) < 4.78 is 53.0. The highest BCUT2D eigenvalue weighted by Crippen LogP contribution is 2.33. The third kappa shape index (κ3) is 5.91. The highest BCUT2D eigenvalue weighted by molar-refractivity contribution is 7.90. The number of alkyl halides is 2. The molecule has 3 N–H and O–H groups in total. The molecule has 0 atom stereocenters. The lowest BCUT2D eigenvalue weighted by Crippen LogP contribution is -2.35. The molecule has 6 rings (SSSR count). The number of hydrogen-bond donors (Lipinski definition) is 3. The van der Waals surface area contributed by atoms with Crippen LogP contribution in [0.15, 0.2) is 49.2 Å². The summed E-state index contributed by atoms with van der Waals surface area (Å²) in [6.45, 7) is -2.74. The summed E-state index contributed by atoms with van der Waals surface area (Å²) in [4.78, 5) is 13.3. The zero-order valence-electron chi connectivity index (χ0n) is 22.3. The van der Waals surface area contributed by atoms with Crippen molar-refractivity contribution in [2.24, 2.45) is 0 Å². The first-order valence-electron chi connectivity index (χ1n) is 13.5. The molecule has 0 saturated heterocycles. The van der Waals surface area contributed by atoms with E-state index in [4.69, 9.17) is 0 Å². The summed E-state index contributed by atoms with van der Waals surface area (Å²) in [5, 5.41) is 17.7. The van der Waals surface area contributed by atoms with Crippen molar-refractivity contribution in [2.45, 2.75) is 62.4 Å². The monoisotopic (exact) mass is 584 g/mol. The molecule has 0 bridgehead atoms. The Balaban J connectivity index is 1.25. The molecular formula is C26H30F2N10O2S. The lowest BCUT2D eigenvalue weighted by molar-refractivity contribution is 0.0568. The SMILES string of the molecule is CNC1CCC(Nc2cc(Nc3ccnc(-c4cnn(S(=O)(=O)C5CC5)c4)n3)ncc2-c2ccn(C(F)F)n2)CC1. The van der Waals surface area contributed by atoms with E-state index in [-0.39, 0.29) is 11.3 Å². The van der Waals surface area contributed by atoms with Crippen LogP contribution in [-0.2, 0) is 10.0 Å². The molecule has 216 valence electrons. The van der Waals surface area contributed by atoms with Gasteiger partial charge in [-0.25, -0.2) is 28.1 Å². The summed E-state index contributed by atoms with van der Waals surface area (Å²) in [7, 11) is -1.53. The molecule has 0 amide bonds. The van der Waals surface area contributed by atoms with Crippen LogP contribution in [0, 0.1) is 0 Å². The summed E-state index contributed by atoms with van der Waals surface area (Å²) >= 11 is 0. The summed E-state index contributed by atoms with van der Waals surface area (Å²) in [5.74, 6) is 1.22. The van der Waals surface area contributed by atoms with Crippen LogP contribution in [-0.4, -0.2) is 66.7 Å². The Bertz CT molecular complexity index is 1630. The molecule has 4 aromatic heterocycles. The molecule has 0 aliphatic heterocycles. The van der Waals surface area contributed by atoms with Crippen molar-refractivity contribution in [1.82, 2.24) is 39.2 Å². The molecule has 41 heavy (non-hydrogen) atoms. The normalized spacial score (nSPS) is 19.4. The fourth-order valence-electron chi connectivity index (χ4n) is 4.96. The predicted molar refractivity (Wildman–Crippen MR) is 149 cm³/mol. The highest BCUT2D eigenvalue weighted by atomic mass is 32.2. The van der Waals surface area contributed by atoms with Gasteiger partial charge < -0.3 is 16.0 Å². The Hall–Kier alpha value is -3.98. The van der Waals surface area contributed by atoms with Crippen LogP contribution >= 0.6 is 0 Å². The van der Waals surface area contributed by atoms with Crippen molar-refractivity contribution in [2.75, 3.05) is 17.7 Å². The van der Waals surface area contributed by atoms with E-state index >= 15 is 0 Å². The Morgan fingerprint density at radius 2 is 1.78 bits per heavy atom. The summed E-state index contributed by atoms with van der Waals surface area (Å²) in [6, 6.07) is 5.71. The van der Waals surface area contributed by atoms with Gasteiger partial charge in [-0.15, -0.1) is 0 Å². The molecule has 2 saturated carbocycles. The number of rotatable bonds is 10. The Labute approximate surface area is 235 Å². The average molecular weight is 585 g/mol. The molecule has 12 nitrogen and oxygen atoms in total. The van der Waals surface area contributed by atoms with Gasteiger partial charge in [0.05, 0.1) is 28.9 Å². The van der Waals surface area contributed by atoms with E-state index in [9.17, 15) is 17.2 Å². The molecule has 15 heteroatoms. The number of nitrogens with one attached hydrogen (secondary N) is 3. The maximum absolute atomic E-state index is 13.2. The summed E-state index contributed by atoms with van der Waals surface area (Å²) in [6.07, 6.45) is 12.5. The number of hydrogen-bond acceptors (Lipinski definition) is 10. The molecule has 2 aliphatic carbocycles. The van der Waals surface area contributed by atoms with Crippen LogP contribution in [0.5, 0.6) is 0 Å². The van der Waals surface area contributed by atoms with Gasteiger partial charge in [0.25, 0.3) is 10.0 Å². The standard InChI is InChI=1S/C26H30F2N10O2S/c1-29-17-2-4-18(5-3-17)33-22-12-24(31-14-20(22)21-9-11-37(36-21)26(27)28)34-23-8-10-30-25(35-23)16-13-32-38(15-16)41(39,40)19-6-7-19/h8-15,17-19,26,29H,2-7H2,1H3,(H2,30,31,33,34,35). The first-order valence-corrected chi connectivity index (χ1v) is 15.0. The van der Waals surface area contributed by atoms with Crippen molar-refractivity contribution < 1.29 is 17.2 Å². The quantitative estimate of drug-likeness (QED) is 0.250. The molecule has 2 aliphatic rings. The van der Waals surface area contributed by atoms with Crippen LogP contribution < -0.4 is 16.0 Å². The first-order chi connectivity index (χ1) is 19.8. The van der Waals surface area contributed by atoms with Gasteiger partial charge in [-0.05, 0) is 57.7 Å². The van der Waals surface area contributed by atoms with E-state index in [1.807, 2.05) is 13.1 Å². The van der Waals surface area contributed by atoms with Crippen molar-refractivity contribution in [3.8, 4) is 22.6 Å². The van der Waals surface area contributed by atoms with E-state index in [1.54, 1.807) is 24.5 Å². The lowest BCUT2D eigenvalue weighted by atomic mass is 9.91. The van der Waals surface area contributed by atoms with Gasteiger partial charge in [0.1, 0.15) is 11.6 Å². The van der Waals surface area contributed by atoms with E-state index < -0.39 is 16.6 Å². The van der Waals surface area contributed by atoms with Crippen molar-refractivity contribution >= 4 is 27.3 Å². The van der Waals surface area contributed by atoms with Crippen LogP contribution in [0.25, 0.3) is 22.6 Å². The molecule has 4 heterocycles. The molecular weight excluding hydrogens is 554 g/mol. The molecule has 0 spiro atoms. The molecule has 4 aromatic rings. The van der Waals surface area contributed by atoms with Crippen molar-refractivity contribution in [3.63, 3.8) is 0 Å². The van der Waals surface area contributed by atoms with E-state index in [2.05, 4.69) is 41.1 Å². The molecule has 0 radical (unpaired) electrons. The second-order valence-corrected chi connectivity index (χ2v) is 12.4. The number of nitrogens with zero attached hydrogens (tertiary/aromatic N) is 7. The molecule has 2 fully saturated rings. The zero-order valence-corrected chi connectivity index (χ0v) is 23.1. The van der Waals surface area contributed by atoms with Gasteiger partial charge in [-0.1, -0.05) is 0 Å². The second kappa shape index (κ2) is 11.1. The van der Waals surface area contributed by atoms with Crippen LogP contribution in [0.3, 0.4) is 0 Å². The van der Waals surface area contributed by atoms with E-state index in [0.29, 0.717) is 57.8 Å². The third-order valence-corrected chi connectivity index (χ3v) is 9.45. The van der Waals surface area contributed by atoms with E-state index in [1.165, 1.54) is 18.6 Å². The van der Waals surface area contributed by atoms with E-state index in [0.717, 1.165) is 35.5 Å². The average Bonchev–Trinajstić information content (AvgIpc) is 3.51. The van der Waals surface area contributed by atoms with Gasteiger partial charge in [0, 0.05) is 48.0 Å². The lowest BCUT2D eigenvalue weighted by Gasteiger charge is -2.30. The topological polar surface area (TPSA) is 145 Å². The van der Waals surface area contributed by atoms with Gasteiger partial charge in [-0.2, -0.15) is 23.1 Å². The van der Waals surface area contributed by atoms with Crippen molar-refractivity contribution in [1.29, 1.82) is 0 Å². The van der Waals surface area contributed by atoms with Crippen LogP contribution in [0.2, 0.25) is 0 Å². The Kier molecular flexibility index (Phi) is 7.38. The minimum Gasteiger partial charge on any atom is -0.382 e. The highest BCUT2D eigenvalue weighted by Gasteiger charge is 2.37. The predicted octanol–water partition coefficient (Wildman–Crippen LogP) is 4.02. The van der Waals surface area contributed by atoms with Gasteiger partial charge >= 0.3 is 6.55 Å². The van der Waals surface area contributed by atoms with Gasteiger partial charge in [0.2, 0.25) is 0 Å². The molecule has 0 unspecified atom stereocenters. The minimum absolute atomic E-state index is 0.208. The number of anilines is 3. The maximum Gasteiger partial charge on any atom is 0.333 e. The number of halogens is 2. The largest absolute Gasteiger partial charge is 0.382 e. The van der Waals surface area contributed by atoms with Gasteiger partial charge in [0.15, 0.2) is 5.82 Å².